The van der Waals surface area contributed by atoms with E-state index in [4.69, 9.17) is 5.11 Å². The molecule has 1 N–H and O–H groups in total. The molecular formula is C18H17NO3. The largest absolute Gasteiger partial charge is 0.481 e. The van der Waals surface area contributed by atoms with Gasteiger partial charge in [-0.05, 0) is 30.2 Å². The number of nitrogens with zero attached hydrogens (tertiary/aromatic N) is 1. The van der Waals surface area contributed by atoms with E-state index in [2.05, 4.69) is 0 Å². The number of anilines is 1. The number of hydrogen-bond acceptors (Lipinski definition) is 2. The monoisotopic (exact) mass is 295 g/mol. The molecule has 1 atom stereocenters. The number of para-hydroxylation sites is 1. The molecule has 1 amide bonds. The number of carbonyl (C=O) groups is 2. The molecule has 22 heavy (non-hydrogen) atoms. The summed E-state index contributed by atoms with van der Waals surface area (Å²) < 4.78 is 0. The molecule has 2 aromatic rings. The maximum absolute atomic E-state index is 12.7. The lowest BCUT2D eigenvalue weighted by molar-refractivity contribution is -0.137. The highest BCUT2D eigenvalue weighted by molar-refractivity contribution is 6.07. The summed E-state index contributed by atoms with van der Waals surface area (Å²) in [5.41, 5.74) is 2.61. The third-order valence-electron chi connectivity index (χ3n) is 4.04. The highest BCUT2D eigenvalue weighted by atomic mass is 16.4. The zero-order valence-electron chi connectivity index (χ0n) is 12.1. The van der Waals surface area contributed by atoms with Gasteiger partial charge in [0, 0.05) is 30.1 Å². The van der Waals surface area contributed by atoms with Gasteiger partial charge >= 0.3 is 5.97 Å². The number of amides is 1. The van der Waals surface area contributed by atoms with E-state index in [0.717, 1.165) is 11.3 Å². The Morgan fingerprint density at radius 2 is 1.73 bits per heavy atom. The van der Waals surface area contributed by atoms with Crippen molar-refractivity contribution in [2.45, 2.75) is 18.8 Å². The lowest BCUT2D eigenvalue weighted by Crippen LogP contribution is -2.29. The van der Waals surface area contributed by atoms with Gasteiger partial charge < -0.3 is 10.0 Å². The van der Waals surface area contributed by atoms with Gasteiger partial charge in [0.05, 0.1) is 0 Å². The topological polar surface area (TPSA) is 57.6 Å². The van der Waals surface area contributed by atoms with Crippen LogP contribution in [0.4, 0.5) is 5.69 Å². The van der Waals surface area contributed by atoms with Crippen LogP contribution in [0, 0.1) is 0 Å². The summed E-state index contributed by atoms with van der Waals surface area (Å²) in [4.78, 5) is 25.3. The van der Waals surface area contributed by atoms with Crippen molar-refractivity contribution in [1.29, 1.82) is 0 Å². The number of carbonyl (C=O) groups excluding carboxylic acids is 1. The van der Waals surface area contributed by atoms with Crippen molar-refractivity contribution in [2.75, 3.05) is 11.4 Å². The number of benzene rings is 2. The van der Waals surface area contributed by atoms with Crippen LogP contribution in [0.15, 0.2) is 54.6 Å². The highest BCUT2D eigenvalue weighted by Crippen LogP contribution is 2.39. The second-order valence-electron chi connectivity index (χ2n) is 5.47. The van der Waals surface area contributed by atoms with Crippen molar-refractivity contribution in [2.24, 2.45) is 0 Å². The number of carboxylic acids is 1. The third-order valence-corrected chi connectivity index (χ3v) is 4.04. The molecule has 0 spiro atoms. The predicted molar refractivity (Wildman–Crippen MR) is 84.2 cm³/mol. The van der Waals surface area contributed by atoms with Crippen LogP contribution >= 0.6 is 0 Å². The van der Waals surface area contributed by atoms with E-state index in [-0.39, 0.29) is 18.2 Å². The molecule has 4 nitrogen and oxygen atoms in total. The Morgan fingerprint density at radius 3 is 2.45 bits per heavy atom. The number of rotatable bonds is 4. The zero-order valence-corrected chi connectivity index (χ0v) is 12.1. The summed E-state index contributed by atoms with van der Waals surface area (Å²) in [6.07, 6.45) is 0.664. The molecule has 0 bridgehead atoms. The number of carboxylic acid groups (broad SMARTS) is 1. The third kappa shape index (κ3) is 2.72. The first-order valence-corrected chi connectivity index (χ1v) is 7.34. The Kier molecular flexibility index (Phi) is 3.92. The lowest BCUT2D eigenvalue weighted by atomic mass is 9.96. The smallest absolute Gasteiger partial charge is 0.303 e. The summed E-state index contributed by atoms with van der Waals surface area (Å²) in [5.74, 6) is -0.754. The molecule has 1 unspecified atom stereocenters. The van der Waals surface area contributed by atoms with Crippen molar-refractivity contribution >= 4 is 17.6 Å². The molecule has 3 rings (SSSR count). The normalized spacial score (nSPS) is 16.4. The van der Waals surface area contributed by atoms with Crippen LogP contribution in [0.2, 0.25) is 0 Å². The predicted octanol–water partition coefficient (Wildman–Crippen LogP) is 3.30. The van der Waals surface area contributed by atoms with Crippen LogP contribution in [-0.2, 0) is 4.79 Å². The highest BCUT2D eigenvalue weighted by Gasteiger charge is 2.32. The van der Waals surface area contributed by atoms with Gasteiger partial charge in [-0.3, -0.25) is 9.59 Å². The van der Waals surface area contributed by atoms with E-state index in [1.54, 1.807) is 17.0 Å². The van der Waals surface area contributed by atoms with E-state index in [1.165, 1.54) is 0 Å². The van der Waals surface area contributed by atoms with Crippen molar-refractivity contribution in [1.82, 2.24) is 0 Å². The van der Waals surface area contributed by atoms with E-state index in [9.17, 15) is 9.59 Å². The lowest BCUT2D eigenvalue weighted by Gasteiger charge is -2.18. The summed E-state index contributed by atoms with van der Waals surface area (Å²) in [6.45, 7) is 0.542. The van der Waals surface area contributed by atoms with Gasteiger partial charge in [0.1, 0.15) is 0 Å². The molecule has 112 valence electrons. The molecule has 0 saturated carbocycles. The first-order valence-electron chi connectivity index (χ1n) is 7.34. The first kappa shape index (κ1) is 14.3. The molecule has 0 saturated heterocycles. The van der Waals surface area contributed by atoms with E-state index < -0.39 is 5.97 Å². The minimum absolute atomic E-state index is 0.0362. The number of fused-ring (bicyclic) bond motifs is 1. The molecule has 4 heteroatoms. The van der Waals surface area contributed by atoms with Gasteiger partial charge in [0.15, 0.2) is 0 Å². The van der Waals surface area contributed by atoms with Crippen LogP contribution in [0.3, 0.4) is 0 Å². The fourth-order valence-corrected chi connectivity index (χ4v) is 2.97. The Hall–Kier alpha value is -2.62. The Balaban J connectivity index is 1.88. The van der Waals surface area contributed by atoms with Gasteiger partial charge in [-0.1, -0.05) is 36.4 Å². The molecule has 1 aliphatic heterocycles. The van der Waals surface area contributed by atoms with Gasteiger partial charge in [-0.15, -0.1) is 0 Å². The quantitative estimate of drug-likeness (QED) is 0.941. The molecule has 1 aliphatic rings. The maximum atomic E-state index is 12.7. The molecule has 0 aromatic heterocycles. The summed E-state index contributed by atoms with van der Waals surface area (Å²) >= 11 is 0. The van der Waals surface area contributed by atoms with Crippen LogP contribution in [-0.4, -0.2) is 23.5 Å². The van der Waals surface area contributed by atoms with E-state index >= 15 is 0 Å². The van der Waals surface area contributed by atoms with Gasteiger partial charge in [-0.2, -0.15) is 0 Å². The molecule has 0 aliphatic carbocycles. The van der Waals surface area contributed by atoms with Crippen LogP contribution in [0.25, 0.3) is 0 Å². The fourth-order valence-electron chi connectivity index (χ4n) is 2.97. The average molecular weight is 295 g/mol. The summed E-state index contributed by atoms with van der Waals surface area (Å²) in [5, 5.41) is 8.89. The van der Waals surface area contributed by atoms with Crippen LogP contribution in [0.5, 0.6) is 0 Å². The van der Waals surface area contributed by atoms with E-state index in [0.29, 0.717) is 18.5 Å². The molecule has 0 radical (unpaired) electrons. The first-order chi connectivity index (χ1) is 10.7. The number of hydrogen-bond donors (Lipinski definition) is 1. The maximum Gasteiger partial charge on any atom is 0.303 e. The summed E-state index contributed by atoms with van der Waals surface area (Å²) in [7, 11) is 0. The standard InChI is InChI=1S/C18H17NO3/c20-17(21)11-10-14-12-19(16-9-5-4-8-15(14)16)18(22)13-6-2-1-3-7-13/h1-9,14H,10-12H2,(H,20,21). The van der Waals surface area contributed by atoms with E-state index in [1.807, 2.05) is 42.5 Å². The van der Waals surface area contributed by atoms with Crippen LogP contribution in [0.1, 0.15) is 34.7 Å². The van der Waals surface area contributed by atoms with Gasteiger partial charge in [0.25, 0.3) is 5.91 Å². The van der Waals surface area contributed by atoms with Gasteiger partial charge in [-0.25, -0.2) is 0 Å². The van der Waals surface area contributed by atoms with Crippen molar-refractivity contribution in [3.63, 3.8) is 0 Å². The molecule has 0 fully saturated rings. The SMILES string of the molecule is O=C(O)CCC1CN(C(=O)c2ccccc2)c2ccccc21. The van der Waals surface area contributed by atoms with Gasteiger partial charge in [0.2, 0.25) is 0 Å². The van der Waals surface area contributed by atoms with Crippen LogP contribution < -0.4 is 4.90 Å². The number of aliphatic carboxylic acids is 1. The zero-order chi connectivity index (χ0) is 15.5. The average Bonchev–Trinajstić information content (AvgIpc) is 2.92. The minimum Gasteiger partial charge on any atom is -0.481 e. The van der Waals surface area contributed by atoms with Crippen molar-refractivity contribution in [3.05, 3.63) is 65.7 Å². The molecule has 2 aromatic carbocycles. The second-order valence-corrected chi connectivity index (χ2v) is 5.47. The van der Waals surface area contributed by atoms with Crippen molar-refractivity contribution < 1.29 is 14.7 Å². The fraction of sp³-hybridized carbons (Fsp3) is 0.222. The second kappa shape index (κ2) is 6.02. The molecular weight excluding hydrogens is 278 g/mol. The Bertz CT molecular complexity index is 696. The Labute approximate surface area is 129 Å². The van der Waals surface area contributed by atoms with Crippen molar-refractivity contribution in [3.8, 4) is 0 Å². The summed E-state index contributed by atoms with van der Waals surface area (Å²) in [6, 6.07) is 16.9. The minimum atomic E-state index is -0.801. The molecule has 1 heterocycles. The Morgan fingerprint density at radius 1 is 1.05 bits per heavy atom.